The minimum absolute atomic E-state index is 0.272. The Morgan fingerprint density at radius 2 is 1.62 bits per heavy atom. The summed E-state index contributed by atoms with van der Waals surface area (Å²) in [6.07, 6.45) is 3.84. The fourth-order valence-corrected chi connectivity index (χ4v) is 2.48. The number of nitrogens with zero attached hydrogens (tertiary/aromatic N) is 1. The average molecular weight is 331 g/mol. The highest BCUT2D eigenvalue weighted by molar-refractivity contribution is 5.98. The van der Waals surface area contributed by atoms with E-state index in [1.807, 2.05) is 36.0 Å². The molecule has 24 heavy (non-hydrogen) atoms. The number of H-pyrrole nitrogens is 1. The summed E-state index contributed by atoms with van der Waals surface area (Å²) in [5.74, 6) is -0.912. The summed E-state index contributed by atoms with van der Waals surface area (Å²) in [5.41, 5.74) is 3.01. The third-order valence-electron chi connectivity index (χ3n) is 3.69. The average Bonchev–Trinajstić information content (AvgIpc) is 2.86. The van der Waals surface area contributed by atoms with Gasteiger partial charge in [0, 0.05) is 12.1 Å². The van der Waals surface area contributed by atoms with E-state index in [9.17, 15) is 9.59 Å². The van der Waals surface area contributed by atoms with Gasteiger partial charge in [-0.25, -0.2) is 9.59 Å². The maximum absolute atomic E-state index is 12.3. The zero-order chi connectivity index (χ0) is 17.7. The molecule has 128 valence electrons. The Hall–Kier alpha value is -2.63. The van der Waals surface area contributed by atoms with Crippen LogP contribution in [0.1, 0.15) is 51.5 Å². The number of carbonyl (C=O) groups excluding carboxylic acids is 2. The van der Waals surface area contributed by atoms with Gasteiger partial charge in [-0.3, -0.25) is 0 Å². The predicted octanol–water partition coefficient (Wildman–Crippen LogP) is 2.32. The molecule has 0 saturated heterocycles. The van der Waals surface area contributed by atoms with E-state index in [1.165, 1.54) is 0 Å². The standard InChI is InChI=1S/C18H22N2O4/c1-5-23-17(21)15-13(4)16(18(22)24-6-2)19-14(15)11-20-9-7-12(3)8-10-20/h7-10H,5-6,11H2,1-4H3/p+1. The van der Waals surface area contributed by atoms with Crippen LogP contribution in [0.25, 0.3) is 0 Å². The van der Waals surface area contributed by atoms with E-state index in [0.717, 1.165) is 5.56 Å². The molecule has 0 saturated carbocycles. The molecule has 2 aromatic heterocycles. The van der Waals surface area contributed by atoms with Gasteiger partial charge in [0.25, 0.3) is 0 Å². The monoisotopic (exact) mass is 331 g/mol. The smallest absolute Gasteiger partial charge is 0.355 e. The second-order valence-corrected chi connectivity index (χ2v) is 5.47. The number of aromatic nitrogens is 2. The molecule has 0 bridgehead atoms. The van der Waals surface area contributed by atoms with Gasteiger partial charge in [-0.05, 0) is 38.8 Å². The summed E-state index contributed by atoms with van der Waals surface area (Å²) >= 11 is 0. The molecule has 0 unspecified atom stereocenters. The van der Waals surface area contributed by atoms with Crippen LogP contribution in [0.4, 0.5) is 0 Å². The molecule has 6 heteroatoms. The van der Waals surface area contributed by atoms with E-state index >= 15 is 0 Å². The molecule has 0 atom stereocenters. The van der Waals surface area contributed by atoms with Crippen LogP contribution < -0.4 is 4.57 Å². The number of aromatic amines is 1. The van der Waals surface area contributed by atoms with Crippen LogP contribution in [0.3, 0.4) is 0 Å². The molecule has 6 nitrogen and oxygen atoms in total. The van der Waals surface area contributed by atoms with Gasteiger partial charge in [0.05, 0.1) is 24.5 Å². The third kappa shape index (κ3) is 3.82. The molecule has 2 heterocycles. The van der Waals surface area contributed by atoms with Crippen molar-refractivity contribution in [1.82, 2.24) is 4.98 Å². The Balaban J connectivity index is 2.43. The predicted molar refractivity (Wildman–Crippen MR) is 87.9 cm³/mol. The summed E-state index contributed by atoms with van der Waals surface area (Å²) < 4.78 is 12.1. The first-order valence-corrected chi connectivity index (χ1v) is 7.99. The molecule has 2 aromatic rings. The first-order valence-electron chi connectivity index (χ1n) is 7.99. The highest BCUT2D eigenvalue weighted by atomic mass is 16.5. The van der Waals surface area contributed by atoms with Gasteiger partial charge in [0.2, 0.25) is 0 Å². The Bertz CT molecular complexity index is 732. The van der Waals surface area contributed by atoms with Crippen molar-refractivity contribution in [2.75, 3.05) is 13.2 Å². The van der Waals surface area contributed by atoms with E-state index in [-0.39, 0.29) is 13.2 Å². The lowest BCUT2D eigenvalue weighted by molar-refractivity contribution is -0.688. The molecule has 0 amide bonds. The van der Waals surface area contributed by atoms with Crippen LogP contribution in [0.5, 0.6) is 0 Å². The Labute approximate surface area is 141 Å². The van der Waals surface area contributed by atoms with Gasteiger partial charge >= 0.3 is 11.9 Å². The Morgan fingerprint density at radius 1 is 1.04 bits per heavy atom. The van der Waals surface area contributed by atoms with Gasteiger partial charge in [-0.15, -0.1) is 0 Å². The lowest BCUT2D eigenvalue weighted by Crippen LogP contribution is -2.34. The molecule has 0 aliphatic carbocycles. The normalized spacial score (nSPS) is 10.5. The molecule has 0 spiro atoms. The SMILES string of the molecule is CCOC(=O)c1[nH]c(C[n+]2ccc(C)cc2)c(C(=O)OCC)c1C. The number of ether oxygens (including phenoxy) is 2. The van der Waals surface area contributed by atoms with Crippen LogP contribution in [0, 0.1) is 13.8 Å². The zero-order valence-electron chi connectivity index (χ0n) is 14.5. The lowest BCUT2D eigenvalue weighted by Gasteiger charge is -2.04. The van der Waals surface area contributed by atoms with Crippen LogP contribution in [-0.4, -0.2) is 30.1 Å². The largest absolute Gasteiger partial charge is 0.462 e. The van der Waals surface area contributed by atoms with Gasteiger partial charge in [-0.1, -0.05) is 0 Å². The zero-order valence-corrected chi connectivity index (χ0v) is 14.5. The minimum atomic E-state index is -0.472. The van der Waals surface area contributed by atoms with Gasteiger partial charge in [-0.2, -0.15) is 4.57 Å². The summed E-state index contributed by atoms with van der Waals surface area (Å²) in [6.45, 7) is 8.19. The van der Waals surface area contributed by atoms with Crippen molar-refractivity contribution in [3.63, 3.8) is 0 Å². The van der Waals surface area contributed by atoms with Crippen molar-refractivity contribution in [2.45, 2.75) is 34.2 Å². The van der Waals surface area contributed by atoms with E-state index in [2.05, 4.69) is 4.98 Å². The molecule has 0 radical (unpaired) electrons. The number of hydrogen-bond donors (Lipinski definition) is 1. The number of carbonyl (C=O) groups is 2. The Morgan fingerprint density at radius 3 is 2.21 bits per heavy atom. The van der Waals surface area contributed by atoms with E-state index in [0.29, 0.717) is 29.1 Å². The molecule has 0 aromatic carbocycles. The molecule has 0 fully saturated rings. The van der Waals surface area contributed by atoms with E-state index in [4.69, 9.17) is 9.47 Å². The number of pyridine rings is 1. The fourth-order valence-electron chi connectivity index (χ4n) is 2.48. The number of rotatable bonds is 6. The van der Waals surface area contributed by atoms with Crippen molar-refractivity contribution >= 4 is 11.9 Å². The lowest BCUT2D eigenvalue weighted by atomic mass is 10.1. The maximum Gasteiger partial charge on any atom is 0.355 e. The summed E-state index contributed by atoms with van der Waals surface area (Å²) in [6, 6.07) is 3.96. The maximum atomic E-state index is 12.3. The molecule has 0 aliphatic rings. The van der Waals surface area contributed by atoms with Crippen molar-refractivity contribution in [1.29, 1.82) is 0 Å². The molecular formula is C18H23N2O4+. The molecular weight excluding hydrogens is 308 g/mol. The molecule has 0 aliphatic heterocycles. The highest BCUT2D eigenvalue weighted by Crippen LogP contribution is 2.20. The minimum Gasteiger partial charge on any atom is -0.462 e. The first kappa shape index (κ1) is 17.7. The second kappa shape index (κ2) is 7.77. The topological polar surface area (TPSA) is 72.3 Å². The summed E-state index contributed by atoms with van der Waals surface area (Å²) in [4.78, 5) is 27.5. The van der Waals surface area contributed by atoms with E-state index < -0.39 is 11.9 Å². The quantitative estimate of drug-likeness (QED) is 0.651. The summed E-state index contributed by atoms with van der Waals surface area (Å²) in [5, 5.41) is 0. The number of esters is 2. The van der Waals surface area contributed by atoms with Crippen molar-refractivity contribution in [2.24, 2.45) is 0 Å². The van der Waals surface area contributed by atoms with Crippen LogP contribution in [0.15, 0.2) is 24.5 Å². The van der Waals surface area contributed by atoms with Crippen LogP contribution >= 0.6 is 0 Å². The van der Waals surface area contributed by atoms with Crippen molar-refractivity contribution in [3.8, 4) is 0 Å². The summed E-state index contributed by atoms with van der Waals surface area (Å²) in [7, 11) is 0. The Kier molecular flexibility index (Phi) is 5.73. The van der Waals surface area contributed by atoms with E-state index in [1.54, 1.807) is 20.8 Å². The fraction of sp³-hybridized carbons (Fsp3) is 0.389. The molecule has 2 rings (SSSR count). The number of hydrogen-bond acceptors (Lipinski definition) is 4. The number of nitrogens with one attached hydrogen (secondary N) is 1. The van der Waals surface area contributed by atoms with Crippen molar-refractivity contribution < 1.29 is 23.6 Å². The van der Waals surface area contributed by atoms with Gasteiger partial charge < -0.3 is 14.5 Å². The molecule has 1 N–H and O–H groups in total. The van der Waals surface area contributed by atoms with Crippen LogP contribution in [0.2, 0.25) is 0 Å². The second-order valence-electron chi connectivity index (χ2n) is 5.47. The first-order chi connectivity index (χ1) is 11.5. The van der Waals surface area contributed by atoms with Gasteiger partial charge in [0.1, 0.15) is 5.69 Å². The van der Waals surface area contributed by atoms with Crippen LogP contribution in [-0.2, 0) is 16.0 Å². The highest BCUT2D eigenvalue weighted by Gasteiger charge is 2.27. The number of aryl methyl sites for hydroxylation is 1. The third-order valence-corrected chi connectivity index (χ3v) is 3.69. The van der Waals surface area contributed by atoms with Gasteiger partial charge in [0.15, 0.2) is 18.9 Å². The van der Waals surface area contributed by atoms with Crippen molar-refractivity contribution in [3.05, 3.63) is 52.6 Å².